The van der Waals surface area contributed by atoms with Crippen LogP contribution >= 0.6 is 24.8 Å². The first-order valence-electron chi connectivity index (χ1n) is 8.06. The minimum Gasteiger partial charge on any atom is -0.384 e. The summed E-state index contributed by atoms with van der Waals surface area (Å²) in [6.45, 7) is 4.65. The third-order valence-corrected chi connectivity index (χ3v) is 4.64. The second-order valence-corrected chi connectivity index (χ2v) is 6.27. The van der Waals surface area contributed by atoms with Crippen LogP contribution < -0.4 is 10.6 Å². The number of imidazole rings is 1. The lowest BCUT2D eigenvalue weighted by Crippen LogP contribution is -2.50. The van der Waals surface area contributed by atoms with Gasteiger partial charge in [-0.3, -0.25) is 4.79 Å². The Morgan fingerprint density at radius 1 is 1.36 bits per heavy atom. The third kappa shape index (κ3) is 4.64. The van der Waals surface area contributed by atoms with E-state index >= 15 is 0 Å². The van der Waals surface area contributed by atoms with E-state index in [9.17, 15) is 4.79 Å². The van der Waals surface area contributed by atoms with Gasteiger partial charge in [-0.1, -0.05) is 6.07 Å². The molecule has 1 aliphatic rings. The van der Waals surface area contributed by atoms with Crippen molar-refractivity contribution in [3.05, 3.63) is 35.8 Å². The van der Waals surface area contributed by atoms with E-state index in [1.165, 1.54) is 0 Å². The van der Waals surface area contributed by atoms with Crippen molar-refractivity contribution in [2.45, 2.75) is 26.3 Å². The number of aromatic nitrogens is 2. The van der Waals surface area contributed by atoms with Gasteiger partial charge in [-0.05, 0) is 45.0 Å². The molecule has 1 amide bonds. The lowest BCUT2D eigenvalue weighted by atomic mass is 9.78. The van der Waals surface area contributed by atoms with Gasteiger partial charge in [-0.2, -0.15) is 0 Å². The van der Waals surface area contributed by atoms with Crippen LogP contribution in [0.1, 0.15) is 24.2 Å². The number of ether oxygens (including phenoxy) is 1. The molecule has 1 fully saturated rings. The SMILES string of the molecule is COCC1(C(=O)NCc2cn3c(C)cccc3n2)CCNCC1.Cl.Cl. The lowest BCUT2D eigenvalue weighted by Gasteiger charge is -2.35. The fourth-order valence-corrected chi connectivity index (χ4v) is 3.26. The molecule has 0 saturated carbocycles. The first-order chi connectivity index (χ1) is 11.1. The van der Waals surface area contributed by atoms with Crippen LogP contribution in [0.5, 0.6) is 0 Å². The molecule has 140 valence electrons. The van der Waals surface area contributed by atoms with Gasteiger partial charge in [0.25, 0.3) is 0 Å². The van der Waals surface area contributed by atoms with Crippen LogP contribution in [0.3, 0.4) is 0 Å². The number of pyridine rings is 1. The summed E-state index contributed by atoms with van der Waals surface area (Å²) in [5.41, 5.74) is 2.48. The fraction of sp³-hybridized carbons (Fsp3) is 0.529. The summed E-state index contributed by atoms with van der Waals surface area (Å²) in [5.74, 6) is 0.0645. The number of piperidine rings is 1. The number of amides is 1. The molecular formula is C17H26Cl2N4O2. The normalized spacial score (nSPS) is 15.9. The smallest absolute Gasteiger partial charge is 0.228 e. The van der Waals surface area contributed by atoms with Gasteiger partial charge in [0.1, 0.15) is 5.65 Å². The molecule has 0 unspecified atom stereocenters. The van der Waals surface area contributed by atoms with Gasteiger partial charge in [-0.25, -0.2) is 4.98 Å². The predicted octanol–water partition coefficient (Wildman–Crippen LogP) is 2.12. The monoisotopic (exact) mass is 388 g/mol. The van der Waals surface area contributed by atoms with Gasteiger partial charge in [0, 0.05) is 19.0 Å². The van der Waals surface area contributed by atoms with Gasteiger partial charge in [-0.15, -0.1) is 24.8 Å². The minimum absolute atomic E-state index is 0. The number of fused-ring (bicyclic) bond motifs is 1. The third-order valence-electron chi connectivity index (χ3n) is 4.64. The van der Waals surface area contributed by atoms with Crippen molar-refractivity contribution in [1.82, 2.24) is 20.0 Å². The number of nitrogens with zero attached hydrogens (tertiary/aromatic N) is 2. The largest absolute Gasteiger partial charge is 0.384 e. The highest BCUT2D eigenvalue weighted by atomic mass is 35.5. The van der Waals surface area contributed by atoms with Crippen molar-refractivity contribution < 1.29 is 9.53 Å². The summed E-state index contributed by atoms with van der Waals surface area (Å²) in [7, 11) is 1.65. The van der Waals surface area contributed by atoms with Gasteiger partial charge in [0.15, 0.2) is 0 Å². The summed E-state index contributed by atoms with van der Waals surface area (Å²) < 4.78 is 7.35. The Morgan fingerprint density at radius 3 is 2.72 bits per heavy atom. The molecule has 1 saturated heterocycles. The molecule has 0 radical (unpaired) electrons. The maximum Gasteiger partial charge on any atom is 0.228 e. The number of nitrogens with one attached hydrogen (secondary N) is 2. The van der Waals surface area contributed by atoms with Crippen molar-refractivity contribution in [2.24, 2.45) is 5.41 Å². The van der Waals surface area contributed by atoms with Crippen molar-refractivity contribution in [3.63, 3.8) is 0 Å². The topological polar surface area (TPSA) is 67.7 Å². The van der Waals surface area contributed by atoms with Gasteiger partial charge < -0.3 is 19.8 Å². The van der Waals surface area contributed by atoms with E-state index in [1.807, 2.05) is 35.7 Å². The number of methoxy groups -OCH3 is 1. The van der Waals surface area contributed by atoms with Gasteiger partial charge >= 0.3 is 0 Å². The van der Waals surface area contributed by atoms with Crippen LogP contribution in [-0.2, 0) is 16.1 Å². The number of hydrogen-bond acceptors (Lipinski definition) is 4. The molecule has 2 N–H and O–H groups in total. The highest BCUT2D eigenvalue weighted by Gasteiger charge is 2.39. The van der Waals surface area contributed by atoms with Crippen molar-refractivity contribution in [3.8, 4) is 0 Å². The molecule has 0 aromatic carbocycles. The Labute approximate surface area is 160 Å². The molecule has 3 heterocycles. The van der Waals surface area contributed by atoms with E-state index in [0.29, 0.717) is 13.2 Å². The molecule has 0 aliphatic carbocycles. The number of carbonyl (C=O) groups is 1. The molecule has 6 nitrogen and oxygen atoms in total. The molecule has 3 rings (SSSR count). The Bertz CT molecular complexity index is 694. The first kappa shape index (κ1) is 21.7. The maximum atomic E-state index is 12.7. The quantitative estimate of drug-likeness (QED) is 0.822. The van der Waals surface area contributed by atoms with Crippen LogP contribution in [0.15, 0.2) is 24.4 Å². The number of rotatable bonds is 5. The average molecular weight is 389 g/mol. The summed E-state index contributed by atoms with van der Waals surface area (Å²) in [6, 6.07) is 6.00. The second kappa shape index (κ2) is 9.38. The number of aryl methyl sites for hydroxylation is 1. The lowest BCUT2D eigenvalue weighted by molar-refractivity contribution is -0.136. The van der Waals surface area contributed by atoms with E-state index in [4.69, 9.17) is 4.74 Å². The van der Waals surface area contributed by atoms with Gasteiger partial charge in [0.05, 0.1) is 24.3 Å². The van der Waals surface area contributed by atoms with Crippen LogP contribution in [0.4, 0.5) is 0 Å². The predicted molar refractivity (Wildman–Crippen MR) is 103 cm³/mol. The molecule has 0 bridgehead atoms. The summed E-state index contributed by atoms with van der Waals surface area (Å²) >= 11 is 0. The highest BCUT2D eigenvalue weighted by Crippen LogP contribution is 2.29. The van der Waals surface area contributed by atoms with E-state index < -0.39 is 5.41 Å². The van der Waals surface area contributed by atoms with Crippen LogP contribution in [0.25, 0.3) is 5.65 Å². The van der Waals surface area contributed by atoms with Crippen LogP contribution in [0, 0.1) is 12.3 Å². The first-order valence-corrected chi connectivity index (χ1v) is 8.06. The van der Waals surface area contributed by atoms with Crippen LogP contribution in [0.2, 0.25) is 0 Å². The zero-order chi connectivity index (χ0) is 16.3. The van der Waals surface area contributed by atoms with E-state index in [-0.39, 0.29) is 30.7 Å². The van der Waals surface area contributed by atoms with Crippen molar-refractivity contribution in [2.75, 3.05) is 26.8 Å². The van der Waals surface area contributed by atoms with Crippen molar-refractivity contribution >= 4 is 36.4 Å². The molecule has 1 aliphatic heterocycles. The summed E-state index contributed by atoms with van der Waals surface area (Å²) in [5, 5.41) is 6.35. The van der Waals surface area contributed by atoms with Crippen molar-refractivity contribution in [1.29, 1.82) is 0 Å². The molecule has 2 aromatic rings. The van der Waals surface area contributed by atoms with E-state index in [0.717, 1.165) is 43.0 Å². The Morgan fingerprint density at radius 2 is 2.08 bits per heavy atom. The number of halogens is 2. The van der Waals surface area contributed by atoms with Gasteiger partial charge in [0.2, 0.25) is 5.91 Å². The second-order valence-electron chi connectivity index (χ2n) is 6.27. The van der Waals surface area contributed by atoms with E-state index in [2.05, 4.69) is 15.6 Å². The molecule has 0 spiro atoms. The minimum atomic E-state index is -0.422. The molecule has 2 aromatic heterocycles. The Kier molecular flexibility index (Phi) is 8.15. The van der Waals surface area contributed by atoms with E-state index in [1.54, 1.807) is 7.11 Å². The number of carbonyl (C=O) groups excluding carboxylic acids is 1. The molecule has 0 atom stereocenters. The fourth-order valence-electron chi connectivity index (χ4n) is 3.26. The zero-order valence-corrected chi connectivity index (χ0v) is 16.2. The summed E-state index contributed by atoms with van der Waals surface area (Å²) in [6.07, 6.45) is 3.59. The summed E-state index contributed by atoms with van der Waals surface area (Å²) in [4.78, 5) is 17.3. The molecular weight excluding hydrogens is 363 g/mol. The number of hydrogen-bond donors (Lipinski definition) is 2. The maximum absolute atomic E-state index is 12.7. The standard InChI is InChI=1S/C17H24N4O2.2ClH/c1-13-4-3-5-15-20-14(11-21(13)15)10-19-16(22)17(12-23-2)6-8-18-9-7-17;;/h3-5,11,18H,6-10,12H2,1-2H3,(H,19,22);2*1H. The Hall–Kier alpha value is -1.34. The molecule has 8 heteroatoms. The molecule has 25 heavy (non-hydrogen) atoms. The zero-order valence-electron chi connectivity index (χ0n) is 14.6. The van der Waals surface area contributed by atoms with Crippen LogP contribution in [-0.4, -0.2) is 42.1 Å². The Balaban J connectivity index is 0.00000156. The highest BCUT2D eigenvalue weighted by molar-refractivity contribution is 5.85. The average Bonchev–Trinajstić information content (AvgIpc) is 2.98.